The maximum absolute atomic E-state index is 12.4. The first-order valence-electron chi connectivity index (χ1n) is 5.95. The van der Waals surface area contributed by atoms with Crippen molar-refractivity contribution in [3.05, 3.63) is 23.7 Å². The van der Waals surface area contributed by atoms with E-state index < -0.39 is 0 Å². The number of morpholine rings is 1. The van der Waals surface area contributed by atoms with Crippen molar-refractivity contribution in [3.8, 4) is 0 Å². The van der Waals surface area contributed by atoms with Crippen LogP contribution in [0.3, 0.4) is 0 Å². The highest BCUT2D eigenvalue weighted by Crippen LogP contribution is 2.21. The third-order valence-electron chi connectivity index (χ3n) is 3.51. The minimum atomic E-state index is -0.0190. The summed E-state index contributed by atoms with van der Waals surface area (Å²) in [6.07, 6.45) is 1.69. The predicted molar refractivity (Wildman–Crippen MR) is 68.1 cm³/mol. The van der Waals surface area contributed by atoms with Gasteiger partial charge in [0.1, 0.15) is 0 Å². The predicted octanol–water partition coefficient (Wildman–Crippen LogP) is 0.823. The second-order valence-electron chi connectivity index (χ2n) is 4.57. The van der Waals surface area contributed by atoms with E-state index in [0.29, 0.717) is 18.9 Å². The molecule has 2 atom stereocenters. The van der Waals surface area contributed by atoms with E-state index in [1.807, 2.05) is 17.9 Å². The third kappa shape index (κ3) is 2.13. The van der Waals surface area contributed by atoms with Crippen molar-refractivity contribution in [1.29, 1.82) is 0 Å². The highest BCUT2D eigenvalue weighted by atomic mass is 35.5. The highest BCUT2D eigenvalue weighted by molar-refractivity contribution is 5.93. The summed E-state index contributed by atoms with van der Waals surface area (Å²) < 4.78 is 10.9. The second-order valence-corrected chi connectivity index (χ2v) is 4.57. The lowest BCUT2D eigenvalue weighted by Gasteiger charge is -2.36. The standard InChI is InChI=1S/C12H16N2O3.ClH/c1-8-2-4-17-11(8)12(15)14-3-5-16-10-7-13-6-9(10)14;/h2,4,9-10,13H,3,5-7H2,1H3;1H/t9-,10+;/m1./s1. The second kappa shape index (κ2) is 5.30. The number of carbonyl (C=O) groups excluding carboxylic acids is 1. The number of nitrogens with one attached hydrogen (secondary N) is 1. The summed E-state index contributed by atoms with van der Waals surface area (Å²) in [5.41, 5.74) is 0.893. The lowest BCUT2D eigenvalue weighted by atomic mass is 10.1. The fraction of sp³-hybridized carbons (Fsp3) is 0.583. The van der Waals surface area contributed by atoms with Crippen LogP contribution in [0.5, 0.6) is 0 Å². The molecule has 100 valence electrons. The molecular weight excluding hydrogens is 256 g/mol. The summed E-state index contributed by atoms with van der Waals surface area (Å²) >= 11 is 0. The summed E-state index contributed by atoms with van der Waals surface area (Å²) in [4.78, 5) is 14.2. The first kappa shape index (κ1) is 13.4. The van der Waals surface area contributed by atoms with Crippen molar-refractivity contribution in [2.75, 3.05) is 26.2 Å². The van der Waals surface area contributed by atoms with Gasteiger partial charge in [0.05, 0.1) is 25.0 Å². The number of furan rings is 1. The maximum Gasteiger partial charge on any atom is 0.290 e. The Morgan fingerprint density at radius 3 is 3.06 bits per heavy atom. The van der Waals surface area contributed by atoms with E-state index >= 15 is 0 Å². The third-order valence-corrected chi connectivity index (χ3v) is 3.51. The molecule has 0 aromatic carbocycles. The van der Waals surface area contributed by atoms with Gasteiger partial charge in [-0.25, -0.2) is 0 Å². The first-order valence-corrected chi connectivity index (χ1v) is 5.95. The van der Waals surface area contributed by atoms with E-state index in [1.54, 1.807) is 6.26 Å². The van der Waals surface area contributed by atoms with Crippen molar-refractivity contribution < 1.29 is 13.9 Å². The number of nitrogens with zero attached hydrogens (tertiary/aromatic N) is 1. The number of ether oxygens (including phenoxy) is 1. The average molecular weight is 273 g/mol. The van der Waals surface area contributed by atoms with Crippen LogP contribution in [0, 0.1) is 6.92 Å². The summed E-state index contributed by atoms with van der Waals surface area (Å²) in [7, 11) is 0. The van der Waals surface area contributed by atoms with Crippen molar-refractivity contribution in [2.45, 2.75) is 19.1 Å². The maximum atomic E-state index is 12.4. The highest BCUT2D eigenvalue weighted by Gasteiger charge is 2.39. The molecule has 2 aliphatic heterocycles. The Morgan fingerprint density at radius 1 is 1.50 bits per heavy atom. The summed E-state index contributed by atoms with van der Waals surface area (Å²) in [6.45, 7) is 4.76. The number of rotatable bonds is 1. The Bertz CT molecular complexity index is 435. The average Bonchev–Trinajstić information content (AvgIpc) is 2.95. The molecule has 6 heteroatoms. The van der Waals surface area contributed by atoms with Crippen molar-refractivity contribution in [1.82, 2.24) is 10.2 Å². The minimum Gasteiger partial charge on any atom is -0.459 e. The van der Waals surface area contributed by atoms with Gasteiger partial charge in [-0.2, -0.15) is 0 Å². The molecule has 3 heterocycles. The molecule has 0 saturated carbocycles. The molecular formula is C12H17ClN2O3. The molecule has 3 rings (SSSR count). The van der Waals surface area contributed by atoms with Crippen LogP contribution in [0.25, 0.3) is 0 Å². The van der Waals surface area contributed by atoms with Crippen molar-refractivity contribution in [3.63, 3.8) is 0 Å². The van der Waals surface area contributed by atoms with Gasteiger partial charge >= 0.3 is 0 Å². The molecule has 2 fully saturated rings. The van der Waals surface area contributed by atoms with Crippen LogP contribution in [0.15, 0.2) is 16.7 Å². The van der Waals surface area contributed by atoms with E-state index in [9.17, 15) is 4.79 Å². The van der Waals surface area contributed by atoms with Gasteiger partial charge in [-0.3, -0.25) is 4.79 Å². The summed E-state index contributed by atoms with van der Waals surface area (Å²) in [5, 5.41) is 3.26. The van der Waals surface area contributed by atoms with Gasteiger partial charge < -0.3 is 19.4 Å². The molecule has 1 N–H and O–H groups in total. The molecule has 0 aliphatic carbocycles. The number of hydrogen-bond acceptors (Lipinski definition) is 4. The number of aryl methyl sites for hydroxylation is 1. The lowest BCUT2D eigenvalue weighted by molar-refractivity contribution is -0.0374. The van der Waals surface area contributed by atoms with Gasteiger partial charge in [-0.05, 0) is 13.0 Å². The summed E-state index contributed by atoms with van der Waals surface area (Å²) in [6, 6.07) is 1.96. The van der Waals surface area contributed by atoms with Gasteiger partial charge in [0, 0.05) is 25.2 Å². The van der Waals surface area contributed by atoms with Crippen molar-refractivity contribution in [2.24, 2.45) is 0 Å². The Labute approximate surface area is 112 Å². The molecule has 5 nitrogen and oxygen atoms in total. The van der Waals surface area contributed by atoms with Gasteiger partial charge in [0.15, 0.2) is 5.76 Å². The molecule has 2 aliphatic rings. The quantitative estimate of drug-likeness (QED) is 0.823. The van der Waals surface area contributed by atoms with Crippen LogP contribution in [-0.4, -0.2) is 49.2 Å². The van der Waals surface area contributed by atoms with Gasteiger partial charge in [0.25, 0.3) is 5.91 Å². The molecule has 0 unspecified atom stereocenters. The number of halogens is 1. The van der Waals surface area contributed by atoms with E-state index in [-0.39, 0.29) is 30.5 Å². The Balaban J connectivity index is 0.00000120. The molecule has 1 aromatic rings. The molecule has 1 amide bonds. The molecule has 2 saturated heterocycles. The fourth-order valence-corrected chi connectivity index (χ4v) is 2.56. The minimum absolute atomic E-state index is 0. The first-order chi connectivity index (χ1) is 8.27. The normalized spacial score (nSPS) is 26.6. The van der Waals surface area contributed by atoms with E-state index in [1.165, 1.54) is 0 Å². The lowest BCUT2D eigenvalue weighted by Crippen LogP contribution is -2.53. The zero-order valence-electron chi connectivity index (χ0n) is 10.2. The molecule has 18 heavy (non-hydrogen) atoms. The smallest absolute Gasteiger partial charge is 0.290 e. The van der Waals surface area contributed by atoms with Crippen molar-refractivity contribution >= 4 is 18.3 Å². The van der Waals surface area contributed by atoms with Gasteiger partial charge in [-0.1, -0.05) is 0 Å². The molecule has 0 radical (unpaired) electrons. The number of hydrogen-bond donors (Lipinski definition) is 1. The molecule has 0 spiro atoms. The van der Waals surface area contributed by atoms with E-state index in [0.717, 1.165) is 18.7 Å². The molecule has 0 bridgehead atoms. The van der Waals surface area contributed by atoms with Crippen LogP contribution in [-0.2, 0) is 4.74 Å². The van der Waals surface area contributed by atoms with Crippen LogP contribution in [0.2, 0.25) is 0 Å². The van der Waals surface area contributed by atoms with E-state index in [2.05, 4.69) is 5.32 Å². The number of carbonyl (C=O) groups is 1. The van der Waals surface area contributed by atoms with Crippen LogP contribution in [0.1, 0.15) is 16.1 Å². The zero-order chi connectivity index (χ0) is 11.8. The SMILES string of the molecule is Cc1ccoc1C(=O)N1CCO[C@H]2CNC[C@H]21.Cl. The number of amides is 1. The topological polar surface area (TPSA) is 54.7 Å². The van der Waals surface area contributed by atoms with Gasteiger partial charge in [0.2, 0.25) is 0 Å². The fourth-order valence-electron chi connectivity index (χ4n) is 2.56. The largest absolute Gasteiger partial charge is 0.459 e. The van der Waals surface area contributed by atoms with Gasteiger partial charge in [-0.15, -0.1) is 12.4 Å². The monoisotopic (exact) mass is 272 g/mol. The Hall–Kier alpha value is -1.04. The zero-order valence-corrected chi connectivity index (χ0v) is 11.0. The Kier molecular flexibility index (Phi) is 3.94. The van der Waals surface area contributed by atoms with Crippen LogP contribution < -0.4 is 5.32 Å². The van der Waals surface area contributed by atoms with Crippen LogP contribution in [0.4, 0.5) is 0 Å². The Morgan fingerprint density at radius 2 is 2.33 bits per heavy atom. The molecule has 1 aromatic heterocycles. The van der Waals surface area contributed by atoms with E-state index in [4.69, 9.17) is 9.15 Å². The summed E-state index contributed by atoms with van der Waals surface area (Å²) in [5.74, 6) is 0.437. The van der Waals surface area contributed by atoms with Crippen LogP contribution >= 0.6 is 12.4 Å². The number of fused-ring (bicyclic) bond motifs is 1.